The number of aromatic amines is 1. The molecule has 180 valence electrons. The third kappa shape index (κ3) is 6.27. The standard InChI is InChI=1S/C22H28F3N5O3/c1-20(2,3)10-15(29-18(32)14-4-5-16(28-14)22(23,24)25)19(33)27-13(11-26)8-12-9-21(6-7-21)30-17(12)31/h4-5,12-13,15,28H,6-10H2,1-3H3,(H,27,33)(H,29,32)(H,30,31)/t12-,13+,15+/m1/s1. The molecule has 1 aromatic rings. The van der Waals surface area contributed by atoms with Crippen LogP contribution in [0, 0.1) is 22.7 Å². The first-order valence-corrected chi connectivity index (χ1v) is 10.8. The Morgan fingerprint density at radius 1 is 1.24 bits per heavy atom. The largest absolute Gasteiger partial charge is 0.431 e. The van der Waals surface area contributed by atoms with Crippen LogP contribution >= 0.6 is 0 Å². The van der Waals surface area contributed by atoms with Gasteiger partial charge in [-0.25, -0.2) is 0 Å². The third-order valence-electron chi connectivity index (χ3n) is 5.92. The molecular weight excluding hydrogens is 439 g/mol. The van der Waals surface area contributed by atoms with Gasteiger partial charge in [-0.2, -0.15) is 18.4 Å². The van der Waals surface area contributed by atoms with E-state index in [1.54, 1.807) is 0 Å². The predicted octanol–water partition coefficient (Wildman–Crippen LogP) is 2.64. The van der Waals surface area contributed by atoms with Crippen LogP contribution in [-0.2, 0) is 15.8 Å². The molecule has 2 fully saturated rings. The Labute approximate surface area is 189 Å². The summed E-state index contributed by atoms with van der Waals surface area (Å²) >= 11 is 0. The van der Waals surface area contributed by atoms with Crippen molar-refractivity contribution in [2.45, 2.75) is 76.7 Å². The minimum absolute atomic E-state index is 0.131. The van der Waals surface area contributed by atoms with E-state index in [0.717, 1.165) is 25.0 Å². The van der Waals surface area contributed by atoms with Crippen LogP contribution in [0.2, 0.25) is 0 Å². The first-order valence-electron chi connectivity index (χ1n) is 10.8. The molecule has 1 saturated heterocycles. The van der Waals surface area contributed by atoms with Gasteiger partial charge in [0.25, 0.3) is 5.91 Å². The number of rotatable bonds is 7. The van der Waals surface area contributed by atoms with Gasteiger partial charge in [-0.3, -0.25) is 14.4 Å². The summed E-state index contributed by atoms with van der Waals surface area (Å²) in [6, 6.07) is 1.71. The number of nitrogens with zero attached hydrogens (tertiary/aromatic N) is 1. The SMILES string of the molecule is CC(C)(C)C[C@H](NC(=O)c1ccc(C(F)(F)F)[nH]1)C(=O)N[C@H](C#N)C[C@@H]1CC2(CC2)NC1=O. The second kappa shape index (κ2) is 8.72. The summed E-state index contributed by atoms with van der Waals surface area (Å²) in [7, 11) is 0. The summed E-state index contributed by atoms with van der Waals surface area (Å²) in [6.45, 7) is 5.53. The van der Waals surface area contributed by atoms with E-state index in [-0.39, 0.29) is 35.9 Å². The highest BCUT2D eigenvalue weighted by atomic mass is 19.4. The number of nitriles is 1. The first kappa shape index (κ1) is 24.6. The summed E-state index contributed by atoms with van der Waals surface area (Å²) in [5.41, 5.74) is -1.96. The predicted molar refractivity (Wildman–Crippen MR) is 111 cm³/mol. The molecule has 11 heteroatoms. The second-order valence-electron chi connectivity index (χ2n) is 10.2. The highest BCUT2D eigenvalue weighted by Gasteiger charge is 2.52. The van der Waals surface area contributed by atoms with Crippen LogP contribution < -0.4 is 16.0 Å². The van der Waals surface area contributed by atoms with Gasteiger partial charge < -0.3 is 20.9 Å². The molecule has 1 aromatic heterocycles. The zero-order valence-corrected chi connectivity index (χ0v) is 18.7. The fraction of sp³-hybridized carbons (Fsp3) is 0.636. The van der Waals surface area contributed by atoms with Crippen molar-refractivity contribution in [1.82, 2.24) is 20.9 Å². The van der Waals surface area contributed by atoms with Crippen LogP contribution in [0.1, 0.15) is 69.1 Å². The van der Waals surface area contributed by atoms with Crippen molar-refractivity contribution in [2.75, 3.05) is 0 Å². The molecule has 0 unspecified atom stereocenters. The van der Waals surface area contributed by atoms with Crippen molar-refractivity contribution in [3.8, 4) is 6.07 Å². The number of carbonyl (C=O) groups is 3. The molecule has 1 aliphatic heterocycles. The quantitative estimate of drug-likeness (QED) is 0.492. The number of aromatic nitrogens is 1. The fourth-order valence-electron chi connectivity index (χ4n) is 4.10. The van der Waals surface area contributed by atoms with E-state index in [9.17, 15) is 32.8 Å². The van der Waals surface area contributed by atoms with E-state index >= 15 is 0 Å². The minimum Gasteiger partial charge on any atom is -0.350 e. The Balaban J connectivity index is 1.66. The molecule has 1 aliphatic carbocycles. The maximum absolute atomic E-state index is 12.9. The van der Waals surface area contributed by atoms with Crippen LogP contribution in [-0.4, -0.2) is 40.3 Å². The lowest BCUT2D eigenvalue weighted by atomic mass is 9.87. The van der Waals surface area contributed by atoms with E-state index in [0.29, 0.717) is 6.42 Å². The highest BCUT2D eigenvalue weighted by molar-refractivity contribution is 5.96. The number of nitrogens with one attached hydrogen (secondary N) is 4. The van der Waals surface area contributed by atoms with Crippen LogP contribution in [0.5, 0.6) is 0 Å². The van der Waals surface area contributed by atoms with E-state index in [2.05, 4.69) is 16.0 Å². The monoisotopic (exact) mass is 467 g/mol. The van der Waals surface area contributed by atoms with Gasteiger partial charge in [0.05, 0.1) is 6.07 Å². The lowest BCUT2D eigenvalue weighted by Crippen LogP contribution is -2.51. The zero-order valence-electron chi connectivity index (χ0n) is 18.7. The molecular formula is C22H28F3N5O3. The lowest BCUT2D eigenvalue weighted by molar-refractivity contribution is -0.140. The number of halogens is 3. The van der Waals surface area contributed by atoms with Crippen LogP contribution in [0.15, 0.2) is 12.1 Å². The van der Waals surface area contributed by atoms with Gasteiger partial charge in [-0.15, -0.1) is 0 Å². The number of H-pyrrole nitrogens is 1. The Kier molecular flexibility index (Phi) is 6.51. The minimum atomic E-state index is -4.63. The Morgan fingerprint density at radius 2 is 1.91 bits per heavy atom. The van der Waals surface area contributed by atoms with Crippen LogP contribution in [0.3, 0.4) is 0 Å². The number of carbonyl (C=O) groups excluding carboxylic acids is 3. The summed E-state index contributed by atoms with van der Waals surface area (Å²) in [4.78, 5) is 39.7. The molecule has 1 saturated carbocycles. The van der Waals surface area contributed by atoms with Crippen molar-refractivity contribution >= 4 is 17.7 Å². The second-order valence-corrected chi connectivity index (χ2v) is 10.2. The maximum Gasteiger partial charge on any atom is 0.431 e. The zero-order chi connectivity index (χ0) is 24.6. The number of alkyl halides is 3. The number of hydrogen-bond donors (Lipinski definition) is 4. The van der Waals surface area contributed by atoms with Crippen molar-refractivity contribution in [3.05, 3.63) is 23.5 Å². The average molecular weight is 467 g/mol. The Bertz CT molecular complexity index is 969. The van der Waals surface area contributed by atoms with Gasteiger partial charge in [0.2, 0.25) is 11.8 Å². The van der Waals surface area contributed by atoms with E-state index in [1.165, 1.54) is 0 Å². The smallest absolute Gasteiger partial charge is 0.350 e. The summed E-state index contributed by atoms with van der Waals surface area (Å²) in [5.74, 6) is -2.01. The summed E-state index contributed by atoms with van der Waals surface area (Å²) < 4.78 is 38.5. The molecule has 2 heterocycles. The first-order chi connectivity index (χ1) is 15.2. The Morgan fingerprint density at radius 3 is 2.39 bits per heavy atom. The molecule has 2 aliphatic rings. The molecule has 0 radical (unpaired) electrons. The molecule has 0 aromatic carbocycles. The summed E-state index contributed by atoms with van der Waals surface area (Å²) in [5, 5.41) is 17.5. The van der Waals surface area contributed by atoms with Gasteiger partial charge in [0, 0.05) is 11.5 Å². The molecule has 4 N–H and O–H groups in total. The van der Waals surface area contributed by atoms with Gasteiger partial charge in [0.15, 0.2) is 0 Å². The average Bonchev–Trinajstić information content (AvgIpc) is 3.11. The molecule has 1 spiro atoms. The van der Waals surface area contributed by atoms with Gasteiger partial charge >= 0.3 is 6.18 Å². The van der Waals surface area contributed by atoms with Crippen molar-refractivity contribution < 1.29 is 27.6 Å². The Hall–Kier alpha value is -3.03. The van der Waals surface area contributed by atoms with E-state index in [4.69, 9.17) is 0 Å². The fourth-order valence-corrected chi connectivity index (χ4v) is 4.10. The number of amides is 3. The van der Waals surface area contributed by atoms with Gasteiger partial charge in [-0.1, -0.05) is 20.8 Å². The van der Waals surface area contributed by atoms with Crippen LogP contribution in [0.4, 0.5) is 13.2 Å². The maximum atomic E-state index is 12.9. The van der Waals surface area contributed by atoms with Gasteiger partial charge in [0.1, 0.15) is 23.5 Å². The lowest BCUT2D eigenvalue weighted by Gasteiger charge is -2.27. The molecule has 3 rings (SSSR count). The third-order valence-corrected chi connectivity index (χ3v) is 5.92. The van der Waals surface area contributed by atoms with Crippen molar-refractivity contribution in [1.29, 1.82) is 5.26 Å². The molecule has 0 bridgehead atoms. The van der Waals surface area contributed by atoms with E-state index < -0.39 is 41.2 Å². The summed E-state index contributed by atoms with van der Waals surface area (Å²) in [6.07, 6.45) is -1.86. The number of hydrogen-bond acceptors (Lipinski definition) is 4. The molecule has 3 atom stereocenters. The van der Waals surface area contributed by atoms with Crippen molar-refractivity contribution in [2.24, 2.45) is 11.3 Å². The van der Waals surface area contributed by atoms with Gasteiger partial charge in [-0.05, 0) is 49.7 Å². The topological polar surface area (TPSA) is 127 Å². The van der Waals surface area contributed by atoms with E-state index in [1.807, 2.05) is 31.8 Å². The highest BCUT2D eigenvalue weighted by Crippen LogP contribution is 2.46. The van der Waals surface area contributed by atoms with Crippen LogP contribution in [0.25, 0.3) is 0 Å². The normalized spacial score (nSPS) is 21.1. The van der Waals surface area contributed by atoms with Crippen molar-refractivity contribution in [3.63, 3.8) is 0 Å². The molecule has 3 amide bonds. The molecule has 33 heavy (non-hydrogen) atoms. The molecule has 8 nitrogen and oxygen atoms in total.